The Hall–Kier alpha value is -2.76. The van der Waals surface area contributed by atoms with Crippen molar-refractivity contribution in [2.45, 2.75) is 25.5 Å². The van der Waals surface area contributed by atoms with Gasteiger partial charge in [0, 0.05) is 12.8 Å². The van der Waals surface area contributed by atoms with Crippen molar-refractivity contribution in [2.24, 2.45) is 5.16 Å². The van der Waals surface area contributed by atoms with Gasteiger partial charge in [0.05, 0.1) is 25.6 Å². The van der Waals surface area contributed by atoms with Gasteiger partial charge in [-0.2, -0.15) is 0 Å². The number of amides is 1. The van der Waals surface area contributed by atoms with Crippen LogP contribution in [0, 0.1) is 0 Å². The zero-order valence-electron chi connectivity index (χ0n) is 12.8. The minimum atomic E-state index is -0.571. The number of nitrogens with zero attached hydrogens (tertiary/aromatic N) is 1. The van der Waals surface area contributed by atoms with Gasteiger partial charge in [-0.25, -0.2) is 0 Å². The lowest BCUT2D eigenvalue weighted by Crippen LogP contribution is -2.34. The molecule has 1 atom stereocenters. The molecule has 6 nitrogen and oxygen atoms in total. The molecule has 1 aromatic carbocycles. The number of benzene rings is 1. The Morgan fingerprint density at radius 1 is 1.35 bits per heavy atom. The zero-order valence-corrected chi connectivity index (χ0v) is 12.8. The van der Waals surface area contributed by atoms with Crippen LogP contribution in [0.1, 0.15) is 17.7 Å². The normalized spacial score (nSPS) is 16.6. The fourth-order valence-corrected chi connectivity index (χ4v) is 2.35. The lowest BCUT2D eigenvalue weighted by atomic mass is 10.0. The molecule has 3 rings (SSSR count). The molecule has 0 bridgehead atoms. The summed E-state index contributed by atoms with van der Waals surface area (Å²) >= 11 is 0. The predicted octanol–water partition coefficient (Wildman–Crippen LogP) is 2.29. The molecule has 6 heteroatoms. The van der Waals surface area contributed by atoms with Crippen molar-refractivity contribution >= 4 is 11.6 Å². The van der Waals surface area contributed by atoms with Crippen molar-refractivity contribution in [1.29, 1.82) is 0 Å². The van der Waals surface area contributed by atoms with Gasteiger partial charge in [-0.3, -0.25) is 4.79 Å². The number of nitrogens with one attached hydrogen (secondary N) is 1. The van der Waals surface area contributed by atoms with Crippen LogP contribution in [0.15, 0.2) is 52.2 Å². The van der Waals surface area contributed by atoms with E-state index in [1.165, 1.54) is 0 Å². The van der Waals surface area contributed by atoms with Crippen LogP contribution < -0.4 is 10.1 Å². The molecule has 0 fully saturated rings. The quantitative estimate of drug-likeness (QED) is 0.888. The number of oxime groups is 1. The maximum absolute atomic E-state index is 12.1. The van der Waals surface area contributed by atoms with Crippen molar-refractivity contribution in [3.8, 4) is 5.75 Å². The molecule has 2 aromatic rings. The predicted molar refractivity (Wildman–Crippen MR) is 84.2 cm³/mol. The highest BCUT2D eigenvalue weighted by Gasteiger charge is 2.28. The Bertz CT molecular complexity index is 677. The van der Waals surface area contributed by atoms with E-state index in [-0.39, 0.29) is 5.91 Å². The van der Waals surface area contributed by atoms with Crippen LogP contribution in [0.5, 0.6) is 5.75 Å². The lowest BCUT2D eigenvalue weighted by molar-refractivity contribution is -0.131. The summed E-state index contributed by atoms with van der Waals surface area (Å²) in [6, 6.07) is 11.3. The van der Waals surface area contributed by atoms with Gasteiger partial charge in [0.1, 0.15) is 11.5 Å². The second-order valence-electron chi connectivity index (χ2n) is 5.28. The molecule has 0 saturated carbocycles. The summed E-state index contributed by atoms with van der Waals surface area (Å²) in [4.78, 5) is 17.3. The van der Waals surface area contributed by atoms with Crippen LogP contribution in [0.2, 0.25) is 0 Å². The third kappa shape index (κ3) is 3.91. The third-order valence-corrected chi connectivity index (χ3v) is 3.61. The van der Waals surface area contributed by atoms with E-state index in [9.17, 15) is 4.79 Å². The minimum absolute atomic E-state index is 0.185. The van der Waals surface area contributed by atoms with Gasteiger partial charge >= 0.3 is 0 Å². The summed E-state index contributed by atoms with van der Waals surface area (Å²) < 4.78 is 10.3. The molecule has 2 heterocycles. The fraction of sp³-hybridized carbons (Fsp3) is 0.294. The number of rotatable bonds is 6. The second-order valence-corrected chi connectivity index (χ2v) is 5.28. The van der Waals surface area contributed by atoms with Crippen molar-refractivity contribution in [3.63, 3.8) is 0 Å². The molecular weight excluding hydrogens is 296 g/mol. The monoisotopic (exact) mass is 314 g/mol. The highest BCUT2D eigenvalue weighted by molar-refractivity contribution is 5.93. The average Bonchev–Trinajstić information content (AvgIpc) is 3.25. The Balaban J connectivity index is 1.48. The topological polar surface area (TPSA) is 73.1 Å². The second kappa shape index (κ2) is 7.00. The molecule has 120 valence electrons. The van der Waals surface area contributed by atoms with Gasteiger partial charge in [0.2, 0.25) is 6.10 Å². The smallest absolute Gasteiger partial charge is 0.264 e. The molecule has 1 amide bonds. The number of carbonyl (C=O) groups is 1. The summed E-state index contributed by atoms with van der Waals surface area (Å²) in [5, 5.41) is 6.80. The maximum Gasteiger partial charge on any atom is 0.264 e. The van der Waals surface area contributed by atoms with Gasteiger partial charge in [-0.05, 0) is 29.8 Å². The molecule has 0 radical (unpaired) electrons. The van der Waals surface area contributed by atoms with Crippen LogP contribution in [0.25, 0.3) is 0 Å². The SMILES string of the molecule is COc1ccc(CC2=NOC(C(=O)NCc3ccco3)C2)cc1. The van der Waals surface area contributed by atoms with Gasteiger partial charge in [0.25, 0.3) is 5.91 Å². The van der Waals surface area contributed by atoms with E-state index in [1.807, 2.05) is 24.3 Å². The summed E-state index contributed by atoms with van der Waals surface area (Å²) in [7, 11) is 1.63. The molecule has 1 aliphatic heterocycles. The summed E-state index contributed by atoms with van der Waals surface area (Å²) in [5.74, 6) is 1.33. The van der Waals surface area contributed by atoms with Gasteiger partial charge in [-0.1, -0.05) is 17.3 Å². The molecule has 1 aliphatic rings. The standard InChI is InChI=1S/C17H18N2O4/c1-21-14-6-4-12(5-7-14)9-13-10-16(23-19-13)17(20)18-11-15-3-2-8-22-15/h2-8,16H,9-11H2,1H3,(H,18,20). The number of carbonyl (C=O) groups excluding carboxylic acids is 1. The average molecular weight is 314 g/mol. The molecule has 0 saturated heterocycles. The number of methoxy groups -OCH3 is 1. The van der Waals surface area contributed by atoms with Crippen LogP contribution in [-0.4, -0.2) is 24.8 Å². The van der Waals surface area contributed by atoms with E-state index in [2.05, 4.69) is 10.5 Å². The fourth-order valence-electron chi connectivity index (χ4n) is 2.35. The van der Waals surface area contributed by atoms with E-state index < -0.39 is 6.10 Å². The molecular formula is C17H18N2O4. The first-order chi connectivity index (χ1) is 11.2. The first-order valence-electron chi connectivity index (χ1n) is 7.39. The zero-order chi connectivity index (χ0) is 16.1. The Morgan fingerprint density at radius 3 is 2.87 bits per heavy atom. The Kier molecular flexibility index (Phi) is 4.61. The van der Waals surface area contributed by atoms with E-state index in [4.69, 9.17) is 14.0 Å². The maximum atomic E-state index is 12.1. The summed E-state index contributed by atoms with van der Waals surface area (Å²) in [6.07, 6.45) is 2.16. The largest absolute Gasteiger partial charge is 0.497 e. The van der Waals surface area contributed by atoms with Crippen LogP contribution in [-0.2, 0) is 22.6 Å². The van der Waals surface area contributed by atoms with E-state index in [1.54, 1.807) is 25.5 Å². The van der Waals surface area contributed by atoms with Gasteiger partial charge < -0.3 is 19.3 Å². The Labute approximate surface area is 134 Å². The van der Waals surface area contributed by atoms with E-state index >= 15 is 0 Å². The van der Waals surface area contributed by atoms with Crippen molar-refractivity contribution < 1.29 is 18.8 Å². The van der Waals surface area contributed by atoms with Crippen LogP contribution in [0.3, 0.4) is 0 Å². The van der Waals surface area contributed by atoms with Crippen molar-refractivity contribution in [1.82, 2.24) is 5.32 Å². The number of hydrogen-bond donors (Lipinski definition) is 1. The molecule has 1 aromatic heterocycles. The minimum Gasteiger partial charge on any atom is -0.497 e. The number of hydrogen-bond acceptors (Lipinski definition) is 5. The summed E-state index contributed by atoms with van der Waals surface area (Å²) in [6.45, 7) is 0.347. The molecule has 0 spiro atoms. The summed E-state index contributed by atoms with van der Waals surface area (Å²) in [5.41, 5.74) is 1.96. The van der Waals surface area contributed by atoms with Gasteiger partial charge in [0.15, 0.2) is 0 Å². The molecule has 1 N–H and O–H groups in total. The van der Waals surface area contributed by atoms with Crippen LogP contribution in [0.4, 0.5) is 0 Å². The van der Waals surface area contributed by atoms with Gasteiger partial charge in [-0.15, -0.1) is 0 Å². The number of ether oxygens (including phenoxy) is 1. The molecule has 1 unspecified atom stereocenters. The van der Waals surface area contributed by atoms with Crippen molar-refractivity contribution in [2.75, 3.05) is 7.11 Å². The molecule has 0 aliphatic carbocycles. The van der Waals surface area contributed by atoms with E-state index in [0.717, 1.165) is 17.0 Å². The highest BCUT2D eigenvalue weighted by atomic mass is 16.6. The third-order valence-electron chi connectivity index (χ3n) is 3.61. The number of furan rings is 1. The van der Waals surface area contributed by atoms with Crippen LogP contribution >= 0.6 is 0 Å². The first kappa shape index (κ1) is 15.1. The highest BCUT2D eigenvalue weighted by Crippen LogP contribution is 2.17. The Morgan fingerprint density at radius 2 is 2.17 bits per heavy atom. The first-order valence-corrected chi connectivity index (χ1v) is 7.39. The van der Waals surface area contributed by atoms with Crippen molar-refractivity contribution in [3.05, 3.63) is 54.0 Å². The van der Waals surface area contributed by atoms with E-state index in [0.29, 0.717) is 25.1 Å². The lowest BCUT2D eigenvalue weighted by Gasteiger charge is -2.08. The molecule has 23 heavy (non-hydrogen) atoms.